The van der Waals surface area contributed by atoms with E-state index >= 15 is 0 Å². The number of nitrogens with zero attached hydrogens (tertiary/aromatic N) is 2. The van der Waals surface area contributed by atoms with Crippen LogP contribution in [-0.4, -0.2) is 15.9 Å². The van der Waals surface area contributed by atoms with E-state index in [1.54, 1.807) is 30.3 Å². The first-order chi connectivity index (χ1) is 13.0. The molecule has 5 nitrogen and oxygen atoms in total. The van der Waals surface area contributed by atoms with Gasteiger partial charge in [-0.1, -0.05) is 29.3 Å². The molecule has 0 spiro atoms. The normalized spacial score (nSPS) is 10.9. The van der Waals surface area contributed by atoms with Crippen LogP contribution in [0.25, 0.3) is 22.6 Å². The second kappa shape index (κ2) is 7.02. The summed E-state index contributed by atoms with van der Waals surface area (Å²) in [7, 11) is 0. The van der Waals surface area contributed by atoms with Crippen molar-refractivity contribution in [3.8, 4) is 11.5 Å². The molecular weight excluding hydrogens is 385 g/mol. The zero-order valence-corrected chi connectivity index (χ0v) is 15.7. The number of aryl methyl sites for hydroxylation is 1. The fourth-order valence-electron chi connectivity index (χ4n) is 2.66. The standard InChI is InChI=1S/C20H13Cl2N3O2/c1-11-4-5-12(20-25-16-10-13(21)6-7-17(16)27-20)9-15(11)24-19(26)14-3-2-8-23-18(14)22/h2-10H,1H3,(H,24,26). The second-order valence-corrected chi connectivity index (χ2v) is 6.75. The third kappa shape index (κ3) is 3.52. The van der Waals surface area contributed by atoms with Crippen LogP contribution in [0.3, 0.4) is 0 Å². The molecule has 0 atom stereocenters. The molecule has 134 valence electrons. The SMILES string of the molecule is Cc1ccc(-c2nc3cc(Cl)ccc3o2)cc1NC(=O)c1cccnc1Cl. The quantitative estimate of drug-likeness (QED) is 0.446. The summed E-state index contributed by atoms with van der Waals surface area (Å²) in [6, 6.07) is 14.1. The monoisotopic (exact) mass is 397 g/mol. The maximum Gasteiger partial charge on any atom is 0.258 e. The van der Waals surface area contributed by atoms with Crippen molar-refractivity contribution in [2.75, 3.05) is 5.32 Å². The van der Waals surface area contributed by atoms with Crippen LogP contribution in [-0.2, 0) is 0 Å². The van der Waals surface area contributed by atoms with Gasteiger partial charge in [-0.3, -0.25) is 4.79 Å². The minimum atomic E-state index is -0.335. The molecule has 0 aliphatic rings. The van der Waals surface area contributed by atoms with E-state index in [2.05, 4.69) is 15.3 Å². The molecule has 4 rings (SSSR count). The van der Waals surface area contributed by atoms with Crippen molar-refractivity contribution in [2.24, 2.45) is 0 Å². The minimum absolute atomic E-state index is 0.152. The predicted molar refractivity (Wildman–Crippen MR) is 106 cm³/mol. The molecule has 4 aromatic rings. The average Bonchev–Trinajstić information content (AvgIpc) is 3.07. The number of hydrogen-bond acceptors (Lipinski definition) is 4. The minimum Gasteiger partial charge on any atom is -0.436 e. The number of anilines is 1. The van der Waals surface area contributed by atoms with Crippen molar-refractivity contribution in [3.63, 3.8) is 0 Å². The van der Waals surface area contributed by atoms with Crippen molar-refractivity contribution >= 4 is 45.9 Å². The molecule has 0 unspecified atom stereocenters. The molecule has 2 heterocycles. The van der Waals surface area contributed by atoms with Gasteiger partial charge < -0.3 is 9.73 Å². The zero-order chi connectivity index (χ0) is 19.0. The Hall–Kier alpha value is -2.89. The Bertz CT molecular complexity index is 1170. The lowest BCUT2D eigenvalue weighted by atomic mass is 10.1. The van der Waals surface area contributed by atoms with E-state index in [0.717, 1.165) is 11.1 Å². The maximum absolute atomic E-state index is 12.5. The summed E-state index contributed by atoms with van der Waals surface area (Å²) in [5, 5.41) is 3.61. The van der Waals surface area contributed by atoms with Crippen LogP contribution in [0, 0.1) is 6.92 Å². The van der Waals surface area contributed by atoms with Crippen LogP contribution >= 0.6 is 23.2 Å². The van der Waals surface area contributed by atoms with E-state index in [1.807, 2.05) is 25.1 Å². The number of halogens is 2. The summed E-state index contributed by atoms with van der Waals surface area (Å²) in [5.41, 5.74) is 3.89. The second-order valence-electron chi connectivity index (χ2n) is 5.96. The maximum atomic E-state index is 12.5. The molecule has 0 bridgehead atoms. The number of fused-ring (bicyclic) bond motifs is 1. The summed E-state index contributed by atoms with van der Waals surface area (Å²) >= 11 is 12.0. The molecule has 7 heteroatoms. The van der Waals surface area contributed by atoms with Crippen LogP contribution in [0.4, 0.5) is 5.69 Å². The van der Waals surface area contributed by atoms with Gasteiger partial charge in [0.2, 0.25) is 5.89 Å². The lowest BCUT2D eigenvalue weighted by Crippen LogP contribution is -2.13. The lowest BCUT2D eigenvalue weighted by molar-refractivity contribution is 0.102. The van der Waals surface area contributed by atoms with E-state index < -0.39 is 0 Å². The van der Waals surface area contributed by atoms with Gasteiger partial charge in [0.15, 0.2) is 5.58 Å². The topological polar surface area (TPSA) is 68.0 Å². The van der Waals surface area contributed by atoms with Gasteiger partial charge in [-0.2, -0.15) is 0 Å². The number of carbonyl (C=O) groups is 1. The number of rotatable bonds is 3. The molecule has 1 amide bonds. The van der Waals surface area contributed by atoms with Gasteiger partial charge in [-0.15, -0.1) is 0 Å². The Balaban J connectivity index is 1.68. The smallest absolute Gasteiger partial charge is 0.258 e. The highest BCUT2D eigenvalue weighted by Crippen LogP contribution is 2.29. The number of amides is 1. The summed E-state index contributed by atoms with van der Waals surface area (Å²) in [5.74, 6) is 0.111. The number of oxazole rings is 1. The third-order valence-corrected chi connectivity index (χ3v) is 4.62. The van der Waals surface area contributed by atoms with Crippen molar-refractivity contribution in [2.45, 2.75) is 6.92 Å². The first kappa shape index (κ1) is 17.5. The van der Waals surface area contributed by atoms with Gasteiger partial charge in [0.05, 0.1) is 5.56 Å². The van der Waals surface area contributed by atoms with Crippen molar-refractivity contribution in [3.05, 3.63) is 76.0 Å². The van der Waals surface area contributed by atoms with Crippen LogP contribution in [0.2, 0.25) is 10.2 Å². The Kier molecular flexibility index (Phi) is 4.56. The molecule has 27 heavy (non-hydrogen) atoms. The number of aromatic nitrogens is 2. The first-order valence-electron chi connectivity index (χ1n) is 8.10. The molecular formula is C20H13Cl2N3O2. The molecule has 0 saturated carbocycles. The molecule has 0 radical (unpaired) electrons. The largest absolute Gasteiger partial charge is 0.436 e. The van der Waals surface area contributed by atoms with Gasteiger partial charge in [0.25, 0.3) is 5.91 Å². The Labute approximate surface area is 165 Å². The van der Waals surface area contributed by atoms with E-state index in [0.29, 0.717) is 33.3 Å². The van der Waals surface area contributed by atoms with Crippen molar-refractivity contribution in [1.29, 1.82) is 0 Å². The van der Waals surface area contributed by atoms with Crippen molar-refractivity contribution < 1.29 is 9.21 Å². The van der Waals surface area contributed by atoms with Crippen LogP contribution in [0.5, 0.6) is 0 Å². The predicted octanol–water partition coefficient (Wildman–Crippen LogP) is 5.76. The molecule has 0 saturated heterocycles. The fourth-order valence-corrected chi connectivity index (χ4v) is 3.03. The molecule has 1 N–H and O–H groups in total. The zero-order valence-electron chi connectivity index (χ0n) is 14.2. The lowest BCUT2D eigenvalue weighted by Gasteiger charge is -2.10. The molecule has 0 aliphatic heterocycles. The Morgan fingerprint density at radius 2 is 1.96 bits per heavy atom. The third-order valence-electron chi connectivity index (χ3n) is 4.09. The average molecular weight is 398 g/mol. The van der Waals surface area contributed by atoms with Gasteiger partial charge in [-0.25, -0.2) is 9.97 Å². The van der Waals surface area contributed by atoms with Gasteiger partial charge in [0, 0.05) is 22.5 Å². The fraction of sp³-hybridized carbons (Fsp3) is 0.0500. The Morgan fingerprint density at radius 3 is 2.78 bits per heavy atom. The van der Waals surface area contributed by atoms with E-state index in [9.17, 15) is 4.79 Å². The van der Waals surface area contributed by atoms with Crippen LogP contribution in [0.1, 0.15) is 15.9 Å². The highest BCUT2D eigenvalue weighted by atomic mass is 35.5. The highest BCUT2D eigenvalue weighted by molar-refractivity contribution is 6.33. The molecule has 0 fully saturated rings. The summed E-state index contributed by atoms with van der Waals surface area (Å²) < 4.78 is 5.80. The number of benzene rings is 2. The number of hydrogen-bond donors (Lipinski definition) is 1. The van der Waals surface area contributed by atoms with Crippen molar-refractivity contribution in [1.82, 2.24) is 9.97 Å². The van der Waals surface area contributed by atoms with E-state index in [1.165, 1.54) is 6.20 Å². The van der Waals surface area contributed by atoms with Crippen LogP contribution in [0.15, 0.2) is 59.1 Å². The number of carbonyl (C=O) groups excluding carboxylic acids is 1. The summed E-state index contributed by atoms with van der Waals surface area (Å²) in [6.07, 6.45) is 1.53. The van der Waals surface area contributed by atoms with E-state index in [-0.39, 0.29) is 11.1 Å². The van der Waals surface area contributed by atoms with Crippen LogP contribution < -0.4 is 5.32 Å². The number of pyridine rings is 1. The Morgan fingerprint density at radius 1 is 1.11 bits per heavy atom. The van der Waals surface area contributed by atoms with Gasteiger partial charge >= 0.3 is 0 Å². The summed E-state index contributed by atoms with van der Waals surface area (Å²) in [6.45, 7) is 1.90. The van der Waals surface area contributed by atoms with E-state index in [4.69, 9.17) is 27.6 Å². The van der Waals surface area contributed by atoms with Gasteiger partial charge in [0.1, 0.15) is 10.7 Å². The summed E-state index contributed by atoms with van der Waals surface area (Å²) in [4.78, 5) is 20.9. The molecule has 2 aromatic carbocycles. The molecule has 0 aliphatic carbocycles. The first-order valence-corrected chi connectivity index (χ1v) is 8.86. The van der Waals surface area contributed by atoms with Gasteiger partial charge in [-0.05, 0) is 55.0 Å². The highest BCUT2D eigenvalue weighted by Gasteiger charge is 2.14. The number of nitrogens with one attached hydrogen (secondary N) is 1. The molecule has 2 aromatic heterocycles.